The van der Waals surface area contributed by atoms with E-state index in [9.17, 15) is 14.7 Å². The van der Waals surface area contributed by atoms with Crippen molar-refractivity contribution in [2.75, 3.05) is 50.7 Å². The minimum absolute atomic E-state index is 0.255. The highest BCUT2D eigenvalue weighted by molar-refractivity contribution is 5.69. The van der Waals surface area contributed by atoms with Gasteiger partial charge in [-0.1, -0.05) is 0 Å². The minimum Gasteiger partial charge on any atom is -0.481 e. The summed E-state index contributed by atoms with van der Waals surface area (Å²) in [7, 11) is 0. The molecule has 3 saturated heterocycles. The van der Waals surface area contributed by atoms with Gasteiger partial charge in [0.05, 0.1) is 36.6 Å². The molecular weight excluding hydrogens is 380 g/mol. The summed E-state index contributed by atoms with van der Waals surface area (Å²) in [6, 6.07) is 1.92. The molecule has 29 heavy (non-hydrogen) atoms. The van der Waals surface area contributed by atoms with Crippen molar-refractivity contribution in [2.45, 2.75) is 31.1 Å². The van der Waals surface area contributed by atoms with Gasteiger partial charge in [-0.3, -0.25) is 9.69 Å². The van der Waals surface area contributed by atoms with E-state index in [0.29, 0.717) is 45.6 Å². The van der Waals surface area contributed by atoms with Gasteiger partial charge in [-0.05, 0) is 18.9 Å². The van der Waals surface area contributed by atoms with E-state index in [1.807, 2.05) is 16.0 Å². The van der Waals surface area contributed by atoms with Crippen molar-refractivity contribution in [3.05, 3.63) is 18.5 Å². The molecule has 158 valence electrons. The molecule has 0 bridgehead atoms. The van der Waals surface area contributed by atoms with E-state index in [1.54, 1.807) is 17.4 Å². The van der Waals surface area contributed by atoms with E-state index in [-0.39, 0.29) is 18.7 Å². The lowest BCUT2D eigenvalue weighted by molar-refractivity contribution is -0.145. The van der Waals surface area contributed by atoms with Crippen molar-refractivity contribution in [2.24, 2.45) is 0 Å². The maximum absolute atomic E-state index is 12.4. The first-order valence-corrected chi connectivity index (χ1v) is 9.86. The number of aliphatic hydroxyl groups is 1. The van der Waals surface area contributed by atoms with E-state index >= 15 is 0 Å². The van der Waals surface area contributed by atoms with E-state index in [4.69, 9.17) is 9.84 Å². The van der Waals surface area contributed by atoms with Crippen molar-refractivity contribution in [3.63, 3.8) is 0 Å². The minimum atomic E-state index is -1.18. The zero-order chi connectivity index (χ0) is 20.4. The fourth-order valence-corrected chi connectivity index (χ4v) is 4.21. The smallest absolute Gasteiger partial charge is 0.426 e. The van der Waals surface area contributed by atoms with Crippen molar-refractivity contribution in [1.82, 2.24) is 25.1 Å². The summed E-state index contributed by atoms with van der Waals surface area (Å²) in [5, 5.41) is 30.7. The van der Waals surface area contributed by atoms with Crippen LogP contribution in [-0.4, -0.2) is 105 Å². The molecule has 0 spiro atoms. The summed E-state index contributed by atoms with van der Waals surface area (Å²) in [5.41, 5.74) is -0.160. The predicted octanol–water partition coefficient (Wildman–Crippen LogP) is -0.406. The van der Waals surface area contributed by atoms with Crippen LogP contribution in [0.5, 0.6) is 0 Å². The van der Waals surface area contributed by atoms with Gasteiger partial charge in [-0.15, -0.1) is 0 Å². The van der Waals surface area contributed by atoms with E-state index in [2.05, 4.69) is 15.1 Å². The first kappa shape index (κ1) is 19.8. The first-order valence-electron chi connectivity index (χ1n) is 9.86. The van der Waals surface area contributed by atoms with Gasteiger partial charge in [-0.2, -0.15) is 10.2 Å². The highest BCUT2D eigenvalue weighted by atomic mass is 16.6. The van der Waals surface area contributed by atoms with Crippen LogP contribution in [-0.2, 0) is 9.53 Å². The standard InChI is InChI=1S/C18H26N6O5/c25-16(26)11-18(28)2-5-22(6-3-18)15-13-24(17(27)29-15)23-9-7-21(8-10-23)14-1-4-19-20-12-14/h1,4,12,15,28H,2-3,5-11,13H2,(H,25,26). The number of piperidine rings is 1. The number of likely N-dealkylation sites (tertiary alicyclic amines) is 1. The Morgan fingerprint density at radius 1 is 1.17 bits per heavy atom. The summed E-state index contributed by atoms with van der Waals surface area (Å²) < 4.78 is 5.57. The van der Waals surface area contributed by atoms with Gasteiger partial charge in [0.1, 0.15) is 0 Å². The first-order chi connectivity index (χ1) is 13.9. The molecule has 4 heterocycles. The van der Waals surface area contributed by atoms with Crippen molar-refractivity contribution >= 4 is 17.7 Å². The average molecular weight is 406 g/mol. The number of hydrogen-bond donors (Lipinski definition) is 2. The second kappa shape index (κ2) is 8.09. The van der Waals surface area contributed by atoms with E-state index in [1.165, 1.54) is 0 Å². The summed E-state index contributed by atoms with van der Waals surface area (Å²) in [4.78, 5) is 27.6. The number of carbonyl (C=O) groups excluding carboxylic acids is 1. The van der Waals surface area contributed by atoms with Crippen LogP contribution >= 0.6 is 0 Å². The summed E-state index contributed by atoms with van der Waals surface area (Å²) in [6.07, 6.45) is 3.12. The van der Waals surface area contributed by atoms with Crippen LogP contribution in [0.1, 0.15) is 19.3 Å². The van der Waals surface area contributed by atoms with Gasteiger partial charge in [-0.25, -0.2) is 14.8 Å². The third-order valence-corrected chi connectivity index (χ3v) is 5.92. The monoisotopic (exact) mass is 406 g/mol. The lowest BCUT2D eigenvalue weighted by Gasteiger charge is -2.40. The number of carboxylic acids is 1. The molecule has 3 aliphatic rings. The molecule has 3 aliphatic heterocycles. The highest BCUT2D eigenvalue weighted by Crippen LogP contribution is 2.29. The number of aromatic nitrogens is 2. The average Bonchev–Trinajstić information content (AvgIpc) is 3.10. The van der Waals surface area contributed by atoms with Crippen molar-refractivity contribution in [3.8, 4) is 0 Å². The topological polar surface area (TPSA) is 123 Å². The Morgan fingerprint density at radius 2 is 1.90 bits per heavy atom. The Hall–Kier alpha value is -2.50. The molecule has 1 aromatic heterocycles. The number of hydrogen-bond acceptors (Lipinski definition) is 9. The zero-order valence-corrected chi connectivity index (χ0v) is 16.2. The number of hydrazine groups is 1. The van der Waals surface area contributed by atoms with Crippen molar-refractivity contribution < 1.29 is 24.5 Å². The molecule has 4 rings (SSSR count). The molecular formula is C18H26N6O5. The summed E-state index contributed by atoms with van der Waals surface area (Å²) in [5.74, 6) is -0.999. The second-order valence-electron chi connectivity index (χ2n) is 7.79. The number of piperazine rings is 1. The lowest BCUT2D eigenvalue weighted by Crippen LogP contribution is -2.55. The maximum atomic E-state index is 12.4. The molecule has 11 heteroatoms. The number of cyclic esters (lactones) is 1. The molecule has 11 nitrogen and oxygen atoms in total. The van der Waals surface area contributed by atoms with E-state index in [0.717, 1.165) is 18.8 Å². The molecule has 1 atom stereocenters. The molecule has 0 aliphatic carbocycles. The largest absolute Gasteiger partial charge is 0.481 e. The number of ether oxygens (including phenoxy) is 1. The molecule has 3 fully saturated rings. The maximum Gasteiger partial charge on any atom is 0.426 e. The summed E-state index contributed by atoms with van der Waals surface area (Å²) >= 11 is 0. The van der Waals surface area contributed by atoms with Crippen LogP contribution in [0.3, 0.4) is 0 Å². The number of aliphatic carboxylic acids is 1. The molecule has 2 N–H and O–H groups in total. The molecule has 1 aromatic rings. The number of nitrogens with zero attached hydrogens (tertiary/aromatic N) is 6. The molecule has 0 aromatic carbocycles. The molecule has 1 unspecified atom stereocenters. The number of rotatable bonds is 5. The summed E-state index contributed by atoms with van der Waals surface area (Å²) in [6.45, 7) is 4.37. The Kier molecular flexibility index (Phi) is 5.52. The fraction of sp³-hybridized carbons (Fsp3) is 0.667. The van der Waals surface area contributed by atoms with Crippen LogP contribution in [0, 0.1) is 0 Å². The Bertz CT molecular complexity index is 734. The van der Waals surface area contributed by atoms with Crippen LogP contribution < -0.4 is 4.90 Å². The van der Waals surface area contributed by atoms with Gasteiger partial charge in [0.2, 0.25) is 0 Å². The van der Waals surface area contributed by atoms with Crippen LogP contribution in [0.15, 0.2) is 18.5 Å². The molecule has 0 saturated carbocycles. The van der Waals surface area contributed by atoms with Crippen molar-refractivity contribution in [1.29, 1.82) is 0 Å². The number of anilines is 1. The Balaban J connectivity index is 1.29. The van der Waals surface area contributed by atoms with Gasteiger partial charge >= 0.3 is 12.1 Å². The number of carbonyl (C=O) groups is 2. The molecule has 0 radical (unpaired) electrons. The van der Waals surface area contributed by atoms with Crippen LogP contribution in [0.4, 0.5) is 10.5 Å². The quantitative estimate of drug-likeness (QED) is 0.667. The third kappa shape index (κ3) is 4.41. The van der Waals surface area contributed by atoms with Gasteiger partial charge < -0.3 is 19.8 Å². The van der Waals surface area contributed by atoms with Crippen LogP contribution in [0.2, 0.25) is 0 Å². The zero-order valence-electron chi connectivity index (χ0n) is 16.2. The SMILES string of the molecule is O=C(O)CC1(O)CCN(C2CN(N3CCN(c4ccnnc4)CC3)C(=O)O2)CC1. The Labute approximate surface area is 168 Å². The van der Waals surface area contributed by atoms with Gasteiger partial charge in [0.15, 0.2) is 6.23 Å². The predicted molar refractivity (Wildman–Crippen MR) is 101 cm³/mol. The highest BCUT2D eigenvalue weighted by Gasteiger charge is 2.43. The fourth-order valence-electron chi connectivity index (χ4n) is 4.21. The number of carboxylic acid groups (broad SMARTS) is 1. The van der Waals surface area contributed by atoms with E-state index < -0.39 is 11.6 Å². The normalized spacial score (nSPS) is 25.8. The lowest BCUT2D eigenvalue weighted by atomic mass is 9.88. The second-order valence-corrected chi connectivity index (χ2v) is 7.79. The molecule has 1 amide bonds. The Morgan fingerprint density at radius 3 is 2.52 bits per heavy atom. The third-order valence-electron chi connectivity index (χ3n) is 5.92. The number of amides is 1. The van der Waals surface area contributed by atoms with Gasteiger partial charge in [0.25, 0.3) is 0 Å². The van der Waals surface area contributed by atoms with Crippen LogP contribution in [0.25, 0.3) is 0 Å². The van der Waals surface area contributed by atoms with Gasteiger partial charge in [0, 0.05) is 39.3 Å².